The second-order valence-electron chi connectivity index (χ2n) is 4.50. The van der Waals surface area contributed by atoms with Crippen LogP contribution in [0.1, 0.15) is 31.7 Å². The fourth-order valence-electron chi connectivity index (χ4n) is 1.71. The normalized spacial score (nSPS) is 11.7. The lowest BCUT2D eigenvalue weighted by Crippen LogP contribution is -2.42. The Morgan fingerprint density at radius 1 is 1.37 bits per heavy atom. The van der Waals surface area contributed by atoms with Crippen LogP contribution in [-0.4, -0.2) is 23.1 Å². The molecule has 0 saturated carbocycles. The number of unbranched alkanes of at least 4 members (excludes halogenated alkanes) is 1. The number of carbonyl (C=O) groups excluding carboxylic acids is 1. The summed E-state index contributed by atoms with van der Waals surface area (Å²) in [7, 11) is 0. The lowest BCUT2D eigenvalue weighted by Gasteiger charge is -2.15. The summed E-state index contributed by atoms with van der Waals surface area (Å²) in [6.45, 7) is 3.90. The minimum atomic E-state index is -1.01. The van der Waals surface area contributed by atoms with E-state index in [4.69, 9.17) is 5.11 Å². The molecule has 0 aliphatic carbocycles. The minimum Gasteiger partial charge on any atom is -0.480 e. The van der Waals surface area contributed by atoms with Crippen molar-refractivity contribution < 1.29 is 14.7 Å². The molecule has 0 fully saturated rings. The van der Waals surface area contributed by atoms with Crippen LogP contribution in [-0.2, 0) is 4.79 Å². The molecule has 2 amide bonds. The van der Waals surface area contributed by atoms with Gasteiger partial charge in [0.2, 0.25) is 0 Å². The zero-order valence-corrected chi connectivity index (χ0v) is 11.3. The highest BCUT2D eigenvalue weighted by molar-refractivity contribution is 5.92. The molecule has 0 aliphatic heterocycles. The van der Waals surface area contributed by atoms with Crippen molar-refractivity contribution in [2.75, 3.05) is 5.32 Å². The molecule has 0 spiro atoms. The number of anilines is 1. The van der Waals surface area contributed by atoms with Gasteiger partial charge in [0.05, 0.1) is 0 Å². The van der Waals surface area contributed by atoms with Crippen LogP contribution in [0.25, 0.3) is 0 Å². The molecular weight excluding hydrogens is 244 g/mol. The van der Waals surface area contributed by atoms with Gasteiger partial charge in [0, 0.05) is 5.69 Å². The molecule has 0 heterocycles. The SMILES string of the molecule is CCCCC(NC(=O)Nc1cccc(C)c1)C(=O)O. The van der Waals surface area contributed by atoms with Crippen molar-refractivity contribution in [3.05, 3.63) is 29.8 Å². The second kappa shape index (κ2) is 7.41. The van der Waals surface area contributed by atoms with Crippen LogP contribution in [0.15, 0.2) is 24.3 Å². The van der Waals surface area contributed by atoms with E-state index in [0.29, 0.717) is 12.1 Å². The number of nitrogens with one attached hydrogen (secondary N) is 2. The predicted octanol–water partition coefficient (Wildman–Crippen LogP) is 2.76. The Kier molecular flexibility index (Phi) is 5.85. The molecular formula is C14H20N2O3. The van der Waals surface area contributed by atoms with Gasteiger partial charge in [0.15, 0.2) is 0 Å². The quantitative estimate of drug-likeness (QED) is 0.739. The van der Waals surface area contributed by atoms with Crippen LogP contribution in [0.3, 0.4) is 0 Å². The molecule has 1 unspecified atom stereocenters. The molecule has 0 bridgehead atoms. The van der Waals surface area contributed by atoms with Crippen LogP contribution < -0.4 is 10.6 Å². The molecule has 1 aromatic rings. The van der Waals surface area contributed by atoms with Crippen LogP contribution in [0.5, 0.6) is 0 Å². The highest BCUT2D eigenvalue weighted by atomic mass is 16.4. The van der Waals surface area contributed by atoms with E-state index in [1.165, 1.54) is 0 Å². The van der Waals surface area contributed by atoms with Gasteiger partial charge in [-0.3, -0.25) is 0 Å². The summed E-state index contributed by atoms with van der Waals surface area (Å²) in [4.78, 5) is 22.7. The third-order valence-corrected chi connectivity index (χ3v) is 2.73. The van der Waals surface area contributed by atoms with E-state index < -0.39 is 18.0 Å². The van der Waals surface area contributed by atoms with Crippen molar-refractivity contribution >= 4 is 17.7 Å². The molecule has 0 aromatic heterocycles. The molecule has 0 aliphatic rings. The first-order valence-electron chi connectivity index (χ1n) is 6.40. The summed E-state index contributed by atoms with van der Waals surface area (Å²) in [6, 6.07) is 6.00. The lowest BCUT2D eigenvalue weighted by atomic mass is 10.1. The number of aliphatic carboxylic acids is 1. The molecule has 0 saturated heterocycles. The van der Waals surface area contributed by atoms with Crippen molar-refractivity contribution in [3.63, 3.8) is 0 Å². The first-order valence-corrected chi connectivity index (χ1v) is 6.40. The zero-order valence-electron chi connectivity index (χ0n) is 11.3. The van der Waals surface area contributed by atoms with Gasteiger partial charge in [0.25, 0.3) is 0 Å². The molecule has 5 heteroatoms. The van der Waals surface area contributed by atoms with Crippen LogP contribution in [0.2, 0.25) is 0 Å². The third kappa shape index (κ3) is 5.42. The smallest absolute Gasteiger partial charge is 0.326 e. The topological polar surface area (TPSA) is 78.4 Å². The Bertz CT molecular complexity index is 446. The van der Waals surface area contributed by atoms with Gasteiger partial charge in [-0.15, -0.1) is 0 Å². The lowest BCUT2D eigenvalue weighted by molar-refractivity contribution is -0.139. The largest absolute Gasteiger partial charge is 0.480 e. The highest BCUT2D eigenvalue weighted by Crippen LogP contribution is 2.09. The van der Waals surface area contributed by atoms with Gasteiger partial charge in [-0.25, -0.2) is 9.59 Å². The average molecular weight is 264 g/mol. The summed E-state index contributed by atoms with van der Waals surface area (Å²) in [5, 5.41) is 14.1. The maximum absolute atomic E-state index is 11.7. The van der Waals surface area contributed by atoms with Crippen molar-refractivity contribution in [1.82, 2.24) is 5.32 Å². The fraction of sp³-hybridized carbons (Fsp3) is 0.429. The summed E-state index contributed by atoms with van der Waals surface area (Å²) in [5.41, 5.74) is 1.68. The molecule has 3 N–H and O–H groups in total. The van der Waals surface area contributed by atoms with Gasteiger partial charge >= 0.3 is 12.0 Å². The third-order valence-electron chi connectivity index (χ3n) is 2.73. The Morgan fingerprint density at radius 2 is 2.11 bits per heavy atom. The molecule has 5 nitrogen and oxygen atoms in total. The van der Waals surface area contributed by atoms with Crippen molar-refractivity contribution in [1.29, 1.82) is 0 Å². The number of benzene rings is 1. The van der Waals surface area contributed by atoms with Gasteiger partial charge in [-0.05, 0) is 31.0 Å². The van der Waals surface area contributed by atoms with Gasteiger partial charge in [-0.2, -0.15) is 0 Å². The van der Waals surface area contributed by atoms with Crippen LogP contribution in [0.4, 0.5) is 10.5 Å². The van der Waals surface area contributed by atoms with E-state index in [2.05, 4.69) is 10.6 Å². The number of hydrogen-bond acceptors (Lipinski definition) is 2. The van der Waals surface area contributed by atoms with E-state index in [9.17, 15) is 9.59 Å². The second-order valence-corrected chi connectivity index (χ2v) is 4.50. The molecule has 104 valence electrons. The Hall–Kier alpha value is -2.04. The van der Waals surface area contributed by atoms with Gasteiger partial charge < -0.3 is 15.7 Å². The minimum absolute atomic E-state index is 0.438. The summed E-state index contributed by atoms with van der Waals surface area (Å²) >= 11 is 0. The van der Waals surface area contributed by atoms with Crippen molar-refractivity contribution in [2.45, 2.75) is 39.2 Å². The van der Waals surface area contributed by atoms with Crippen molar-refractivity contribution in [3.8, 4) is 0 Å². The predicted molar refractivity (Wildman–Crippen MR) is 74.3 cm³/mol. The standard InChI is InChI=1S/C14H20N2O3/c1-3-4-8-12(13(17)18)16-14(19)15-11-7-5-6-10(2)9-11/h5-7,9,12H,3-4,8H2,1-2H3,(H,17,18)(H2,15,16,19). The summed E-state index contributed by atoms with van der Waals surface area (Å²) < 4.78 is 0. The number of carbonyl (C=O) groups is 2. The molecule has 0 radical (unpaired) electrons. The van der Waals surface area contributed by atoms with E-state index in [0.717, 1.165) is 18.4 Å². The maximum Gasteiger partial charge on any atom is 0.326 e. The van der Waals surface area contributed by atoms with Crippen molar-refractivity contribution in [2.24, 2.45) is 0 Å². The number of amides is 2. The molecule has 1 rings (SSSR count). The Labute approximate surface area is 113 Å². The summed E-state index contributed by atoms with van der Waals surface area (Å²) in [5.74, 6) is -1.01. The summed E-state index contributed by atoms with van der Waals surface area (Å²) in [6.07, 6.45) is 2.10. The number of rotatable bonds is 6. The van der Waals surface area contributed by atoms with Crippen LogP contribution >= 0.6 is 0 Å². The number of hydrogen-bond donors (Lipinski definition) is 3. The van der Waals surface area contributed by atoms with Gasteiger partial charge in [0.1, 0.15) is 6.04 Å². The number of aryl methyl sites for hydroxylation is 1. The molecule has 1 atom stereocenters. The first kappa shape index (κ1) is 15.0. The molecule has 19 heavy (non-hydrogen) atoms. The number of carboxylic acids is 1. The number of carboxylic acid groups (broad SMARTS) is 1. The monoisotopic (exact) mass is 264 g/mol. The Balaban J connectivity index is 2.55. The zero-order chi connectivity index (χ0) is 14.3. The van der Waals surface area contributed by atoms with Gasteiger partial charge in [-0.1, -0.05) is 31.9 Å². The fourth-order valence-corrected chi connectivity index (χ4v) is 1.71. The Morgan fingerprint density at radius 3 is 2.68 bits per heavy atom. The number of urea groups is 1. The van der Waals surface area contributed by atoms with E-state index in [-0.39, 0.29) is 0 Å². The maximum atomic E-state index is 11.7. The first-order chi connectivity index (χ1) is 9.02. The van der Waals surface area contributed by atoms with E-state index in [1.807, 2.05) is 32.0 Å². The molecule has 1 aromatic carbocycles. The van der Waals surface area contributed by atoms with E-state index >= 15 is 0 Å². The van der Waals surface area contributed by atoms with Crippen LogP contribution in [0, 0.1) is 6.92 Å². The van der Waals surface area contributed by atoms with E-state index in [1.54, 1.807) is 6.07 Å². The highest BCUT2D eigenvalue weighted by Gasteiger charge is 2.18. The average Bonchev–Trinajstić information content (AvgIpc) is 2.34.